The Kier molecular flexibility index (Phi) is 7.08. The molecule has 3 aromatic rings. The van der Waals surface area contributed by atoms with E-state index in [-0.39, 0.29) is 11.7 Å². The molecule has 0 aliphatic carbocycles. The highest BCUT2D eigenvalue weighted by Gasteiger charge is 2.06. The third kappa shape index (κ3) is 6.16. The van der Waals surface area contributed by atoms with E-state index in [0.29, 0.717) is 24.9 Å². The average Bonchev–Trinajstić information content (AvgIpc) is 2.76. The van der Waals surface area contributed by atoms with Gasteiger partial charge in [0.05, 0.1) is 0 Å². The van der Waals surface area contributed by atoms with Crippen LogP contribution in [-0.4, -0.2) is 16.7 Å². The summed E-state index contributed by atoms with van der Waals surface area (Å²) in [4.78, 5) is 28.2. The highest BCUT2D eigenvalue weighted by atomic mass is 16.1. The summed E-state index contributed by atoms with van der Waals surface area (Å²) >= 11 is 0. The first-order chi connectivity index (χ1) is 13.7. The molecule has 0 fully saturated rings. The van der Waals surface area contributed by atoms with Crippen LogP contribution >= 0.6 is 0 Å². The number of aryl methyl sites for hydroxylation is 2. The molecule has 4 heteroatoms. The van der Waals surface area contributed by atoms with E-state index in [2.05, 4.69) is 10.3 Å². The van der Waals surface area contributed by atoms with Crippen molar-refractivity contribution >= 4 is 11.7 Å². The fourth-order valence-electron chi connectivity index (χ4n) is 2.94. The second-order valence-electron chi connectivity index (χ2n) is 6.77. The van der Waals surface area contributed by atoms with Crippen LogP contribution in [0.15, 0.2) is 79.1 Å². The zero-order valence-corrected chi connectivity index (χ0v) is 15.8. The molecule has 1 aromatic heterocycles. The summed E-state index contributed by atoms with van der Waals surface area (Å²) in [6.07, 6.45) is 6.12. The predicted octanol–water partition coefficient (Wildman–Crippen LogP) is 4.15. The Morgan fingerprint density at radius 2 is 1.43 bits per heavy atom. The molecule has 0 saturated carbocycles. The summed E-state index contributed by atoms with van der Waals surface area (Å²) in [6, 6.07) is 21.1. The van der Waals surface area contributed by atoms with Gasteiger partial charge in [-0.15, -0.1) is 0 Å². The summed E-state index contributed by atoms with van der Waals surface area (Å²) < 4.78 is 0. The van der Waals surface area contributed by atoms with Gasteiger partial charge in [-0.1, -0.05) is 48.5 Å². The van der Waals surface area contributed by atoms with Crippen molar-refractivity contribution in [1.29, 1.82) is 0 Å². The molecule has 1 amide bonds. The fourth-order valence-corrected chi connectivity index (χ4v) is 2.94. The number of Topliss-reactive ketones (excluding diaryl/α,β-unsaturated/α-hetero) is 1. The van der Waals surface area contributed by atoms with E-state index in [1.165, 1.54) is 0 Å². The Morgan fingerprint density at radius 3 is 2.11 bits per heavy atom. The largest absolute Gasteiger partial charge is 0.348 e. The van der Waals surface area contributed by atoms with Gasteiger partial charge in [0.25, 0.3) is 5.91 Å². The summed E-state index contributed by atoms with van der Waals surface area (Å²) in [5.41, 5.74) is 3.92. The molecule has 142 valence electrons. The van der Waals surface area contributed by atoms with Crippen LogP contribution < -0.4 is 5.32 Å². The molecule has 0 aliphatic rings. The van der Waals surface area contributed by atoms with Crippen LogP contribution in [0.1, 0.15) is 39.9 Å². The number of nitrogens with one attached hydrogen (secondary N) is 1. The number of pyridine rings is 1. The molecule has 0 radical (unpaired) electrons. The first-order valence-electron chi connectivity index (χ1n) is 9.52. The first kappa shape index (κ1) is 19.5. The SMILES string of the molecule is O=C(CCc1ccc(CNC(=O)c2ccccc2)cc1)CCc1cccnc1. The van der Waals surface area contributed by atoms with Crippen molar-refractivity contribution in [3.05, 3.63) is 101 Å². The van der Waals surface area contributed by atoms with Gasteiger partial charge in [0.15, 0.2) is 0 Å². The van der Waals surface area contributed by atoms with Crippen LogP contribution in [0.5, 0.6) is 0 Å². The van der Waals surface area contributed by atoms with Gasteiger partial charge in [-0.25, -0.2) is 0 Å². The number of benzene rings is 2. The van der Waals surface area contributed by atoms with Crippen LogP contribution in [0.25, 0.3) is 0 Å². The maximum atomic E-state index is 12.1. The molecule has 3 rings (SSSR count). The second-order valence-corrected chi connectivity index (χ2v) is 6.77. The Hall–Kier alpha value is -3.27. The van der Waals surface area contributed by atoms with E-state index in [0.717, 1.165) is 29.5 Å². The van der Waals surface area contributed by atoms with E-state index in [1.807, 2.05) is 60.8 Å². The van der Waals surface area contributed by atoms with Gasteiger partial charge in [-0.2, -0.15) is 0 Å². The molecule has 1 N–H and O–H groups in total. The number of rotatable bonds is 9. The van der Waals surface area contributed by atoms with E-state index in [1.54, 1.807) is 18.3 Å². The van der Waals surface area contributed by atoms with Crippen LogP contribution in [0.2, 0.25) is 0 Å². The number of aromatic nitrogens is 1. The highest BCUT2D eigenvalue weighted by molar-refractivity contribution is 5.94. The standard InChI is InChI=1S/C24H24N2O2/c27-23(15-13-20-5-4-16-25-17-20)14-12-19-8-10-21(11-9-19)18-26-24(28)22-6-2-1-3-7-22/h1-11,16-17H,12-15,18H2,(H,26,28). The maximum Gasteiger partial charge on any atom is 0.251 e. The van der Waals surface area contributed by atoms with Crippen molar-refractivity contribution in [3.63, 3.8) is 0 Å². The minimum absolute atomic E-state index is 0.0797. The van der Waals surface area contributed by atoms with Crippen molar-refractivity contribution in [2.75, 3.05) is 0 Å². The molecular weight excluding hydrogens is 348 g/mol. The van der Waals surface area contributed by atoms with Gasteiger partial charge in [0.2, 0.25) is 0 Å². The second kappa shape index (κ2) is 10.2. The van der Waals surface area contributed by atoms with Crippen LogP contribution in [0.4, 0.5) is 0 Å². The molecule has 2 aromatic carbocycles. The Balaban J connectivity index is 1.40. The molecule has 0 saturated heterocycles. The Morgan fingerprint density at radius 1 is 0.750 bits per heavy atom. The lowest BCUT2D eigenvalue weighted by Gasteiger charge is -2.07. The zero-order valence-electron chi connectivity index (χ0n) is 15.8. The van der Waals surface area contributed by atoms with Gasteiger partial charge in [-0.05, 0) is 47.7 Å². The average molecular weight is 372 g/mol. The minimum Gasteiger partial charge on any atom is -0.348 e. The monoisotopic (exact) mass is 372 g/mol. The van der Waals surface area contributed by atoms with E-state index in [9.17, 15) is 9.59 Å². The van der Waals surface area contributed by atoms with Crippen molar-refractivity contribution in [3.8, 4) is 0 Å². The highest BCUT2D eigenvalue weighted by Crippen LogP contribution is 2.10. The third-order valence-electron chi connectivity index (χ3n) is 4.62. The zero-order chi connectivity index (χ0) is 19.6. The van der Waals surface area contributed by atoms with Crippen molar-refractivity contribution in [2.24, 2.45) is 0 Å². The van der Waals surface area contributed by atoms with Crippen LogP contribution in [0, 0.1) is 0 Å². The summed E-state index contributed by atoms with van der Waals surface area (Å²) in [7, 11) is 0. The molecule has 0 aliphatic heterocycles. The first-order valence-corrected chi connectivity index (χ1v) is 9.52. The summed E-state index contributed by atoms with van der Waals surface area (Å²) in [6.45, 7) is 0.484. The quantitative estimate of drug-likeness (QED) is 0.614. The normalized spacial score (nSPS) is 10.4. The van der Waals surface area contributed by atoms with Gasteiger partial charge in [0, 0.05) is 37.3 Å². The number of hydrogen-bond acceptors (Lipinski definition) is 3. The molecule has 28 heavy (non-hydrogen) atoms. The molecule has 0 atom stereocenters. The molecule has 4 nitrogen and oxygen atoms in total. The number of carbonyl (C=O) groups is 2. The van der Waals surface area contributed by atoms with Crippen molar-refractivity contribution < 1.29 is 9.59 Å². The summed E-state index contributed by atoms with van der Waals surface area (Å²) in [5, 5.41) is 2.92. The Bertz CT molecular complexity index is 891. The van der Waals surface area contributed by atoms with Gasteiger partial charge < -0.3 is 5.32 Å². The van der Waals surface area contributed by atoms with Gasteiger partial charge in [-0.3, -0.25) is 14.6 Å². The van der Waals surface area contributed by atoms with Crippen LogP contribution in [0.3, 0.4) is 0 Å². The molecule has 1 heterocycles. The lowest BCUT2D eigenvalue weighted by atomic mass is 10.0. The topological polar surface area (TPSA) is 59.1 Å². The number of carbonyl (C=O) groups excluding carboxylic acids is 2. The minimum atomic E-state index is -0.0797. The number of ketones is 1. The van der Waals surface area contributed by atoms with Crippen LogP contribution in [-0.2, 0) is 24.2 Å². The fraction of sp³-hybridized carbons (Fsp3) is 0.208. The lowest BCUT2D eigenvalue weighted by molar-refractivity contribution is -0.119. The maximum absolute atomic E-state index is 12.1. The smallest absolute Gasteiger partial charge is 0.251 e. The van der Waals surface area contributed by atoms with E-state index < -0.39 is 0 Å². The van der Waals surface area contributed by atoms with Crippen molar-refractivity contribution in [1.82, 2.24) is 10.3 Å². The van der Waals surface area contributed by atoms with Crippen molar-refractivity contribution in [2.45, 2.75) is 32.2 Å². The molecule has 0 unspecified atom stereocenters. The Labute approximate surface area is 165 Å². The third-order valence-corrected chi connectivity index (χ3v) is 4.62. The van der Waals surface area contributed by atoms with Gasteiger partial charge in [0.1, 0.15) is 5.78 Å². The summed E-state index contributed by atoms with van der Waals surface area (Å²) in [5.74, 6) is 0.187. The molecule has 0 bridgehead atoms. The molecule has 0 spiro atoms. The number of hydrogen-bond donors (Lipinski definition) is 1. The lowest BCUT2D eigenvalue weighted by Crippen LogP contribution is -2.22. The number of amides is 1. The van der Waals surface area contributed by atoms with E-state index >= 15 is 0 Å². The molecular formula is C24H24N2O2. The van der Waals surface area contributed by atoms with E-state index in [4.69, 9.17) is 0 Å². The number of nitrogens with zero attached hydrogens (tertiary/aromatic N) is 1. The van der Waals surface area contributed by atoms with Gasteiger partial charge >= 0.3 is 0 Å². The predicted molar refractivity (Wildman–Crippen MR) is 110 cm³/mol.